The van der Waals surface area contributed by atoms with E-state index >= 15 is 0 Å². The predicted molar refractivity (Wildman–Crippen MR) is 85.2 cm³/mol. The lowest BCUT2D eigenvalue weighted by Gasteiger charge is -2.10. The number of carboxylic acid groups (broad SMARTS) is 1. The van der Waals surface area contributed by atoms with Gasteiger partial charge in [0.1, 0.15) is 0 Å². The summed E-state index contributed by atoms with van der Waals surface area (Å²) in [5, 5.41) is 27.7. The molecule has 126 valence electrons. The first-order valence-corrected chi connectivity index (χ1v) is 8.10. The van der Waals surface area contributed by atoms with Crippen molar-refractivity contribution in [2.75, 3.05) is 5.32 Å². The van der Waals surface area contributed by atoms with Crippen LogP contribution in [-0.2, 0) is 16.6 Å². The van der Waals surface area contributed by atoms with Crippen molar-refractivity contribution in [3.8, 4) is 0 Å². The van der Waals surface area contributed by atoms with Crippen LogP contribution in [0, 0.1) is 10.1 Å². The van der Waals surface area contributed by atoms with Crippen molar-refractivity contribution in [2.24, 2.45) is 5.14 Å². The number of hydrogen-bond acceptors (Lipinski definition) is 6. The normalized spacial score (nSPS) is 11.0. The van der Waals surface area contributed by atoms with Gasteiger partial charge in [-0.3, -0.25) is 10.1 Å². The lowest BCUT2D eigenvalue weighted by atomic mass is 10.1. The van der Waals surface area contributed by atoms with Gasteiger partial charge in [-0.15, -0.1) is 0 Å². The zero-order valence-electron chi connectivity index (χ0n) is 12.2. The average Bonchev–Trinajstić information content (AvgIpc) is 2.52. The van der Waals surface area contributed by atoms with Gasteiger partial charge >= 0.3 is 5.97 Å². The van der Waals surface area contributed by atoms with Gasteiger partial charge in [-0.25, -0.2) is 18.4 Å². The van der Waals surface area contributed by atoms with E-state index < -0.39 is 20.9 Å². The van der Waals surface area contributed by atoms with Gasteiger partial charge in [-0.1, -0.05) is 12.1 Å². The molecule has 9 nitrogen and oxygen atoms in total. The summed E-state index contributed by atoms with van der Waals surface area (Å²) in [6.45, 7) is 0.197. The fraction of sp³-hybridized carbons (Fsp3) is 0.0714. The Morgan fingerprint density at radius 2 is 1.83 bits per heavy atom. The zero-order valence-corrected chi connectivity index (χ0v) is 13.0. The fourth-order valence-corrected chi connectivity index (χ4v) is 2.49. The van der Waals surface area contributed by atoms with E-state index in [-0.39, 0.29) is 28.4 Å². The van der Waals surface area contributed by atoms with Crippen molar-refractivity contribution >= 4 is 27.4 Å². The number of nitrogens with one attached hydrogen (secondary N) is 1. The number of carboxylic acids is 1. The first kappa shape index (κ1) is 17.4. The van der Waals surface area contributed by atoms with E-state index in [0.29, 0.717) is 5.56 Å². The van der Waals surface area contributed by atoms with Crippen molar-refractivity contribution in [2.45, 2.75) is 11.4 Å². The number of benzene rings is 2. The number of nitro groups is 1. The summed E-state index contributed by atoms with van der Waals surface area (Å²) in [7, 11) is -3.78. The first-order valence-electron chi connectivity index (χ1n) is 6.56. The van der Waals surface area contributed by atoms with E-state index in [2.05, 4.69) is 5.32 Å². The van der Waals surface area contributed by atoms with Crippen LogP contribution in [0.3, 0.4) is 0 Å². The SMILES string of the molecule is NS(=O)(=O)c1ccc(CNc2ccc([N+](=O)[O-])cc2C(=O)O)cc1. The summed E-state index contributed by atoms with van der Waals surface area (Å²) in [5.41, 5.74) is 0.335. The molecule has 0 bridgehead atoms. The minimum absolute atomic E-state index is 0.0344. The molecular formula is C14H13N3O6S. The van der Waals surface area contributed by atoms with Crippen LogP contribution in [0.2, 0.25) is 0 Å². The number of nitro benzene ring substituents is 1. The quantitative estimate of drug-likeness (QED) is 0.527. The van der Waals surface area contributed by atoms with E-state index in [0.717, 1.165) is 6.07 Å². The molecule has 0 aliphatic carbocycles. The second-order valence-electron chi connectivity index (χ2n) is 4.83. The van der Waals surface area contributed by atoms with Gasteiger partial charge in [0.2, 0.25) is 10.0 Å². The number of hydrogen-bond donors (Lipinski definition) is 3. The van der Waals surface area contributed by atoms with Crippen LogP contribution in [-0.4, -0.2) is 24.4 Å². The molecule has 2 aromatic rings. The Morgan fingerprint density at radius 3 is 2.33 bits per heavy atom. The smallest absolute Gasteiger partial charge is 0.338 e. The topological polar surface area (TPSA) is 153 Å². The summed E-state index contributed by atoms with van der Waals surface area (Å²) in [5.74, 6) is -1.30. The van der Waals surface area contributed by atoms with Crippen molar-refractivity contribution in [3.05, 3.63) is 63.7 Å². The number of sulfonamides is 1. The maximum Gasteiger partial charge on any atom is 0.338 e. The fourth-order valence-electron chi connectivity index (χ4n) is 1.97. The van der Waals surface area contributed by atoms with Crippen molar-refractivity contribution in [3.63, 3.8) is 0 Å². The highest BCUT2D eigenvalue weighted by molar-refractivity contribution is 7.89. The standard InChI is InChI=1S/C14H13N3O6S/c15-24(22,23)11-4-1-9(2-5-11)8-16-13-6-3-10(17(20)21)7-12(13)14(18)19/h1-7,16H,8H2,(H,18,19)(H2,15,22,23). The van der Waals surface area contributed by atoms with Gasteiger partial charge in [-0.2, -0.15) is 0 Å². The van der Waals surface area contributed by atoms with Crippen LogP contribution < -0.4 is 10.5 Å². The summed E-state index contributed by atoms with van der Waals surface area (Å²) < 4.78 is 22.3. The number of nitrogens with two attached hydrogens (primary N) is 1. The number of primary sulfonamides is 1. The number of rotatable bonds is 6. The van der Waals surface area contributed by atoms with Crippen LogP contribution in [0.1, 0.15) is 15.9 Å². The van der Waals surface area contributed by atoms with E-state index in [1.165, 1.54) is 36.4 Å². The summed E-state index contributed by atoms with van der Waals surface area (Å²) in [4.78, 5) is 21.2. The zero-order chi connectivity index (χ0) is 17.9. The van der Waals surface area contributed by atoms with E-state index in [1.807, 2.05) is 0 Å². The Hall–Kier alpha value is -2.98. The molecule has 0 saturated carbocycles. The monoisotopic (exact) mass is 351 g/mol. The third-order valence-electron chi connectivity index (χ3n) is 3.18. The second kappa shape index (κ2) is 6.64. The van der Waals surface area contributed by atoms with E-state index in [4.69, 9.17) is 10.2 Å². The van der Waals surface area contributed by atoms with Gasteiger partial charge in [0.15, 0.2) is 0 Å². The molecule has 2 aromatic carbocycles. The Balaban J connectivity index is 2.20. The molecule has 24 heavy (non-hydrogen) atoms. The molecule has 0 spiro atoms. The third-order valence-corrected chi connectivity index (χ3v) is 4.11. The van der Waals surface area contributed by atoms with Crippen LogP contribution >= 0.6 is 0 Å². The third kappa shape index (κ3) is 4.06. The number of non-ortho nitro benzene ring substituents is 1. The van der Waals surface area contributed by atoms with Gasteiger partial charge in [-0.05, 0) is 23.8 Å². The molecule has 0 aliphatic heterocycles. The summed E-state index contributed by atoms with van der Waals surface area (Å²) in [6.07, 6.45) is 0. The molecule has 0 aromatic heterocycles. The van der Waals surface area contributed by atoms with Crippen LogP contribution in [0.25, 0.3) is 0 Å². The molecule has 0 heterocycles. The second-order valence-corrected chi connectivity index (χ2v) is 6.40. The molecule has 0 radical (unpaired) electrons. The maximum atomic E-state index is 11.2. The summed E-state index contributed by atoms with van der Waals surface area (Å²) >= 11 is 0. The molecule has 0 amide bonds. The number of anilines is 1. The lowest BCUT2D eigenvalue weighted by molar-refractivity contribution is -0.384. The van der Waals surface area contributed by atoms with Gasteiger partial charge in [0.05, 0.1) is 15.4 Å². The highest BCUT2D eigenvalue weighted by atomic mass is 32.2. The molecular weight excluding hydrogens is 338 g/mol. The molecule has 0 unspecified atom stereocenters. The maximum absolute atomic E-state index is 11.2. The largest absolute Gasteiger partial charge is 0.478 e. The molecule has 0 atom stereocenters. The number of nitrogens with zero attached hydrogens (tertiary/aromatic N) is 1. The number of aromatic carboxylic acids is 1. The van der Waals surface area contributed by atoms with Crippen molar-refractivity contribution in [1.82, 2.24) is 0 Å². The first-order chi connectivity index (χ1) is 11.2. The van der Waals surface area contributed by atoms with Crippen LogP contribution in [0.5, 0.6) is 0 Å². The minimum Gasteiger partial charge on any atom is -0.478 e. The Morgan fingerprint density at radius 1 is 1.21 bits per heavy atom. The highest BCUT2D eigenvalue weighted by Crippen LogP contribution is 2.23. The minimum atomic E-state index is -3.78. The summed E-state index contributed by atoms with van der Waals surface area (Å²) in [6, 6.07) is 9.19. The van der Waals surface area contributed by atoms with Gasteiger partial charge in [0, 0.05) is 24.4 Å². The van der Waals surface area contributed by atoms with Crippen LogP contribution in [0.15, 0.2) is 47.4 Å². The Labute approximate surface area is 136 Å². The molecule has 0 aliphatic rings. The van der Waals surface area contributed by atoms with Crippen LogP contribution in [0.4, 0.5) is 11.4 Å². The molecule has 2 rings (SSSR count). The average molecular weight is 351 g/mol. The Bertz CT molecular complexity index is 893. The highest BCUT2D eigenvalue weighted by Gasteiger charge is 2.16. The van der Waals surface area contributed by atoms with Crippen molar-refractivity contribution in [1.29, 1.82) is 0 Å². The van der Waals surface area contributed by atoms with E-state index in [9.17, 15) is 23.3 Å². The van der Waals surface area contributed by atoms with Gasteiger partial charge < -0.3 is 10.4 Å². The molecule has 10 heteroatoms. The molecule has 0 saturated heterocycles. The molecule has 4 N–H and O–H groups in total. The Kier molecular flexibility index (Phi) is 4.81. The predicted octanol–water partition coefficient (Wildman–Crippen LogP) is 1.55. The van der Waals surface area contributed by atoms with Crippen molar-refractivity contribution < 1.29 is 23.2 Å². The number of carbonyl (C=O) groups is 1. The lowest BCUT2D eigenvalue weighted by Crippen LogP contribution is -2.12. The molecule has 0 fully saturated rings. The van der Waals surface area contributed by atoms with E-state index in [1.54, 1.807) is 0 Å². The van der Waals surface area contributed by atoms with Gasteiger partial charge in [0.25, 0.3) is 5.69 Å².